The maximum absolute atomic E-state index is 14.0. The third kappa shape index (κ3) is 6.63. The Morgan fingerprint density at radius 2 is 1.90 bits per heavy atom. The first-order valence-corrected chi connectivity index (χ1v) is 13.1. The summed E-state index contributed by atoms with van der Waals surface area (Å²) in [5.41, 5.74) is -0.674. The van der Waals surface area contributed by atoms with Crippen molar-refractivity contribution in [1.29, 1.82) is 0 Å². The molecule has 3 heterocycles. The largest absolute Gasteiger partial charge is 0.483 e. The summed E-state index contributed by atoms with van der Waals surface area (Å²) >= 11 is 6.28. The molecule has 216 valence electrons. The molecule has 2 aromatic carbocycles. The molecule has 2 aliphatic heterocycles. The number of nitrogens with zero attached hydrogens (tertiary/aromatic N) is 4. The Labute approximate surface area is 238 Å². The number of hydrogen-bond donors (Lipinski definition) is 2. The number of halogens is 4. The number of benzene rings is 2. The molecular weight excluding hydrogens is 565 g/mol. The van der Waals surface area contributed by atoms with Crippen LogP contribution in [-0.4, -0.2) is 70.9 Å². The van der Waals surface area contributed by atoms with Crippen LogP contribution >= 0.6 is 11.6 Å². The second-order valence-corrected chi connectivity index (χ2v) is 9.89. The fourth-order valence-electron chi connectivity index (χ4n) is 4.56. The molecule has 14 heteroatoms. The summed E-state index contributed by atoms with van der Waals surface area (Å²) in [7, 11) is 0. The van der Waals surface area contributed by atoms with Gasteiger partial charge in [0.15, 0.2) is 5.82 Å². The lowest BCUT2D eigenvalue weighted by molar-refractivity contribution is -0.138. The summed E-state index contributed by atoms with van der Waals surface area (Å²) in [6.45, 7) is 4.34. The molecular formula is C27H26ClF3N6O4. The smallest absolute Gasteiger partial charge is 0.416 e. The molecule has 1 saturated heterocycles. The number of carbonyl (C=O) groups is 2. The molecule has 2 N–H and O–H groups in total. The Kier molecular flexibility index (Phi) is 8.18. The van der Waals surface area contributed by atoms with Crippen LogP contribution in [0.3, 0.4) is 0 Å². The lowest BCUT2D eigenvalue weighted by Gasteiger charge is -2.34. The van der Waals surface area contributed by atoms with Crippen molar-refractivity contribution in [3.05, 3.63) is 64.4 Å². The average molecular weight is 591 g/mol. The minimum Gasteiger partial charge on any atom is -0.483 e. The van der Waals surface area contributed by atoms with Crippen LogP contribution in [0.1, 0.15) is 28.4 Å². The average Bonchev–Trinajstić information content (AvgIpc) is 2.95. The molecule has 2 aliphatic rings. The molecule has 10 nitrogen and oxygen atoms in total. The highest BCUT2D eigenvalue weighted by Crippen LogP contribution is 2.39. The van der Waals surface area contributed by atoms with Gasteiger partial charge in [0, 0.05) is 50.9 Å². The van der Waals surface area contributed by atoms with Gasteiger partial charge in [-0.2, -0.15) is 18.2 Å². The van der Waals surface area contributed by atoms with Gasteiger partial charge in [-0.15, -0.1) is 0 Å². The van der Waals surface area contributed by atoms with E-state index in [9.17, 15) is 22.8 Å². The number of piperazine rings is 1. The number of aromatic nitrogens is 2. The van der Waals surface area contributed by atoms with Crippen molar-refractivity contribution in [3.63, 3.8) is 0 Å². The quantitative estimate of drug-likeness (QED) is 0.427. The van der Waals surface area contributed by atoms with Gasteiger partial charge in [0.05, 0.1) is 17.1 Å². The van der Waals surface area contributed by atoms with Gasteiger partial charge in [-0.05, 0) is 35.9 Å². The van der Waals surface area contributed by atoms with Crippen LogP contribution in [-0.2, 0) is 17.5 Å². The van der Waals surface area contributed by atoms with Gasteiger partial charge < -0.3 is 25.0 Å². The Bertz CT molecular complexity index is 1460. The number of hydrogen-bond acceptors (Lipinski definition) is 8. The zero-order valence-corrected chi connectivity index (χ0v) is 22.7. The molecule has 0 radical (unpaired) electrons. The first kappa shape index (κ1) is 28.4. The van der Waals surface area contributed by atoms with Crippen molar-refractivity contribution in [3.8, 4) is 17.4 Å². The third-order valence-electron chi connectivity index (χ3n) is 6.70. The minimum atomic E-state index is -4.63. The molecule has 2 amide bonds. The van der Waals surface area contributed by atoms with E-state index >= 15 is 0 Å². The molecule has 5 rings (SSSR count). The standard InChI is InChI=1S/C27H26ClF3N6O4/c1-16(38)37-9-7-36(8-10-37)14-18-2-4-19(13-20(18)27(29,30)31)35-25(39)17-3-5-21(28)22(12-17)41-26-23-24(33-15-34-26)32-6-11-40-23/h2-5,12-13,15H,6-11,14H2,1H3,(H,35,39)(H,32,33,34). The molecule has 0 aliphatic carbocycles. The van der Waals surface area contributed by atoms with Gasteiger partial charge in [-0.1, -0.05) is 17.7 Å². The number of alkyl halides is 3. The molecule has 0 saturated carbocycles. The number of rotatable bonds is 6. The van der Waals surface area contributed by atoms with Crippen LogP contribution in [0.5, 0.6) is 17.4 Å². The number of nitrogens with one attached hydrogen (secondary N) is 2. The second-order valence-electron chi connectivity index (χ2n) is 9.49. The zero-order chi connectivity index (χ0) is 29.1. The van der Waals surface area contributed by atoms with E-state index in [1.807, 2.05) is 4.90 Å². The normalized spacial score (nSPS) is 15.4. The van der Waals surface area contributed by atoms with E-state index in [0.29, 0.717) is 50.9 Å². The molecule has 0 unspecified atom stereocenters. The van der Waals surface area contributed by atoms with E-state index in [4.69, 9.17) is 21.1 Å². The lowest BCUT2D eigenvalue weighted by Crippen LogP contribution is -2.47. The predicted octanol–water partition coefficient (Wildman–Crippen LogP) is 4.66. The van der Waals surface area contributed by atoms with Gasteiger partial charge in [0.2, 0.25) is 11.7 Å². The minimum absolute atomic E-state index is 0.0192. The molecule has 3 aromatic rings. The van der Waals surface area contributed by atoms with Crippen molar-refractivity contribution in [2.75, 3.05) is 50.0 Å². The summed E-state index contributed by atoms with van der Waals surface area (Å²) < 4.78 is 53.4. The van der Waals surface area contributed by atoms with E-state index in [2.05, 4.69) is 20.6 Å². The van der Waals surface area contributed by atoms with E-state index in [-0.39, 0.29) is 45.9 Å². The first-order chi connectivity index (χ1) is 19.6. The van der Waals surface area contributed by atoms with Gasteiger partial charge >= 0.3 is 6.18 Å². The number of ether oxygens (including phenoxy) is 2. The van der Waals surface area contributed by atoms with Crippen molar-refractivity contribution in [2.45, 2.75) is 19.6 Å². The van der Waals surface area contributed by atoms with Gasteiger partial charge in [-0.3, -0.25) is 14.5 Å². The Morgan fingerprint density at radius 1 is 1.12 bits per heavy atom. The highest BCUT2D eigenvalue weighted by Gasteiger charge is 2.34. The summed E-state index contributed by atoms with van der Waals surface area (Å²) in [6, 6.07) is 7.94. The molecule has 0 bridgehead atoms. The monoisotopic (exact) mass is 590 g/mol. The summed E-state index contributed by atoms with van der Waals surface area (Å²) in [4.78, 5) is 36.3. The zero-order valence-electron chi connectivity index (χ0n) is 21.9. The Hall–Kier alpha value is -4.10. The van der Waals surface area contributed by atoms with Gasteiger partial charge in [0.1, 0.15) is 18.7 Å². The SMILES string of the molecule is CC(=O)N1CCN(Cc2ccc(NC(=O)c3ccc(Cl)c(Oc4ncnc5c4OCCN5)c3)cc2C(F)(F)F)CC1. The number of fused-ring (bicyclic) bond motifs is 1. The summed E-state index contributed by atoms with van der Waals surface area (Å²) in [5.74, 6) is 0.230. The van der Waals surface area contributed by atoms with Gasteiger partial charge in [0.25, 0.3) is 11.8 Å². The second kappa shape index (κ2) is 11.8. The predicted molar refractivity (Wildman–Crippen MR) is 144 cm³/mol. The number of anilines is 2. The van der Waals surface area contributed by atoms with Crippen LogP contribution in [0.15, 0.2) is 42.7 Å². The van der Waals surface area contributed by atoms with E-state index in [1.165, 1.54) is 43.6 Å². The first-order valence-electron chi connectivity index (χ1n) is 12.8. The van der Waals surface area contributed by atoms with E-state index in [0.717, 1.165) is 6.07 Å². The van der Waals surface area contributed by atoms with Crippen LogP contribution in [0.4, 0.5) is 24.7 Å². The summed E-state index contributed by atoms with van der Waals surface area (Å²) in [6.07, 6.45) is -3.35. The van der Waals surface area contributed by atoms with E-state index < -0.39 is 17.6 Å². The molecule has 1 aromatic heterocycles. The maximum Gasteiger partial charge on any atom is 0.416 e. The van der Waals surface area contributed by atoms with Crippen molar-refractivity contribution < 1.29 is 32.2 Å². The van der Waals surface area contributed by atoms with Crippen molar-refractivity contribution in [2.24, 2.45) is 0 Å². The lowest BCUT2D eigenvalue weighted by atomic mass is 10.0. The molecule has 0 spiro atoms. The highest BCUT2D eigenvalue weighted by atomic mass is 35.5. The van der Waals surface area contributed by atoms with Crippen molar-refractivity contribution in [1.82, 2.24) is 19.8 Å². The summed E-state index contributed by atoms with van der Waals surface area (Å²) in [5, 5.41) is 5.77. The van der Waals surface area contributed by atoms with Crippen molar-refractivity contribution >= 4 is 34.9 Å². The number of carbonyl (C=O) groups excluding carboxylic acids is 2. The molecule has 1 fully saturated rings. The molecule has 41 heavy (non-hydrogen) atoms. The Morgan fingerprint density at radius 3 is 2.63 bits per heavy atom. The third-order valence-corrected chi connectivity index (χ3v) is 7.01. The van der Waals surface area contributed by atoms with E-state index in [1.54, 1.807) is 4.90 Å². The number of amides is 2. The van der Waals surface area contributed by atoms with Crippen LogP contribution in [0.2, 0.25) is 5.02 Å². The van der Waals surface area contributed by atoms with Crippen LogP contribution in [0.25, 0.3) is 0 Å². The fourth-order valence-corrected chi connectivity index (χ4v) is 4.71. The Balaban J connectivity index is 1.31. The van der Waals surface area contributed by atoms with Crippen LogP contribution < -0.4 is 20.1 Å². The maximum atomic E-state index is 14.0. The topological polar surface area (TPSA) is 109 Å². The molecule has 0 atom stereocenters. The highest BCUT2D eigenvalue weighted by molar-refractivity contribution is 6.32. The van der Waals surface area contributed by atoms with Gasteiger partial charge in [-0.25, -0.2) is 4.98 Å². The van der Waals surface area contributed by atoms with Crippen LogP contribution in [0, 0.1) is 0 Å². The fraction of sp³-hybridized carbons (Fsp3) is 0.333.